The first-order valence-corrected chi connectivity index (χ1v) is 7.84. The molecule has 0 saturated heterocycles. The van der Waals surface area contributed by atoms with Gasteiger partial charge in [-0.05, 0) is 71.8 Å². The highest BCUT2D eigenvalue weighted by Gasteiger charge is 2.05. The molecule has 0 atom stereocenters. The summed E-state index contributed by atoms with van der Waals surface area (Å²) in [6.45, 7) is 5.06. The molecule has 2 aromatic carbocycles. The van der Waals surface area contributed by atoms with Crippen molar-refractivity contribution in [3.63, 3.8) is 0 Å². The Hall–Kier alpha value is -1.43. The molecule has 0 saturated carbocycles. The lowest BCUT2D eigenvalue weighted by molar-refractivity contribution is 0.210. The van der Waals surface area contributed by atoms with E-state index in [4.69, 9.17) is 14.2 Å². The van der Waals surface area contributed by atoms with Gasteiger partial charge < -0.3 is 14.2 Å². The zero-order valence-corrected chi connectivity index (χ0v) is 14.6. The average molecular weight is 398 g/mol. The molecule has 2 aromatic rings. The van der Waals surface area contributed by atoms with E-state index in [9.17, 15) is 0 Å². The van der Waals surface area contributed by atoms with Crippen molar-refractivity contribution in [3.05, 3.63) is 51.1 Å². The molecular weight excluding hydrogens is 379 g/mol. The second-order valence-electron chi connectivity index (χ2n) is 4.79. The largest absolute Gasteiger partial charge is 0.493 e. The summed E-state index contributed by atoms with van der Waals surface area (Å²) in [4.78, 5) is 0. The van der Waals surface area contributed by atoms with E-state index in [-0.39, 0.29) is 0 Å². The monoisotopic (exact) mass is 398 g/mol. The van der Waals surface area contributed by atoms with Crippen LogP contribution in [-0.4, -0.2) is 20.3 Å². The van der Waals surface area contributed by atoms with E-state index < -0.39 is 0 Å². The third-order valence-corrected chi connectivity index (χ3v) is 3.85. The van der Waals surface area contributed by atoms with Crippen molar-refractivity contribution in [2.24, 2.45) is 0 Å². The van der Waals surface area contributed by atoms with Gasteiger partial charge in [0.15, 0.2) is 11.5 Å². The maximum Gasteiger partial charge on any atom is 0.161 e. The third kappa shape index (κ3) is 4.52. The number of ether oxygens (including phenoxy) is 3. The van der Waals surface area contributed by atoms with Crippen LogP contribution in [0.3, 0.4) is 0 Å². The SMILES string of the molecule is COc1cc(C)ccc1OCCOc1ccc(C)cc1I. The van der Waals surface area contributed by atoms with Crippen molar-refractivity contribution in [2.75, 3.05) is 20.3 Å². The van der Waals surface area contributed by atoms with E-state index >= 15 is 0 Å². The number of rotatable bonds is 6. The topological polar surface area (TPSA) is 27.7 Å². The summed E-state index contributed by atoms with van der Waals surface area (Å²) in [5, 5.41) is 0. The smallest absolute Gasteiger partial charge is 0.161 e. The number of hydrogen-bond donors (Lipinski definition) is 0. The molecule has 0 spiro atoms. The summed E-state index contributed by atoms with van der Waals surface area (Å²) in [7, 11) is 1.65. The minimum atomic E-state index is 0.476. The van der Waals surface area contributed by atoms with Gasteiger partial charge in [0.2, 0.25) is 0 Å². The maximum absolute atomic E-state index is 5.74. The molecule has 0 aromatic heterocycles. The van der Waals surface area contributed by atoms with Crippen LogP contribution in [0.4, 0.5) is 0 Å². The van der Waals surface area contributed by atoms with Crippen LogP contribution in [0.25, 0.3) is 0 Å². The first kappa shape index (κ1) is 15.9. The van der Waals surface area contributed by atoms with Gasteiger partial charge in [0.25, 0.3) is 0 Å². The van der Waals surface area contributed by atoms with Crippen LogP contribution >= 0.6 is 22.6 Å². The average Bonchev–Trinajstić information content (AvgIpc) is 2.46. The zero-order valence-electron chi connectivity index (χ0n) is 12.5. The maximum atomic E-state index is 5.74. The highest BCUT2D eigenvalue weighted by atomic mass is 127. The Morgan fingerprint density at radius 3 is 2.00 bits per heavy atom. The van der Waals surface area contributed by atoms with Gasteiger partial charge in [-0.3, -0.25) is 0 Å². The molecule has 21 heavy (non-hydrogen) atoms. The minimum absolute atomic E-state index is 0.476. The Balaban J connectivity index is 1.87. The van der Waals surface area contributed by atoms with Gasteiger partial charge in [-0.25, -0.2) is 0 Å². The second-order valence-corrected chi connectivity index (χ2v) is 5.95. The van der Waals surface area contributed by atoms with Gasteiger partial charge in [-0.1, -0.05) is 12.1 Å². The summed E-state index contributed by atoms with van der Waals surface area (Å²) in [6, 6.07) is 12.0. The molecule has 0 aliphatic heterocycles. The molecule has 4 heteroatoms. The van der Waals surface area contributed by atoms with E-state index in [1.807, 2.05) is 37.3 Å². The normalized spacial score (nSPS) is 10.3. The summed E-state index contributed by atoms with van der Waals surface area (Å²) in [5.74, 6) is 2.38. The van der Waals surface area contributed by atoms with Crippen LogP contribution in [0, 0.1) is 17.4 Å². The van der Waals surface area contributed by atoms with Gasteiger partial charge in [0.05, 0.1) is 10.7 Å². The summed E-state index contributed by atoms with van der Waals surface area (Å²) >= 11 is 2.28. The molecule has 0 radical (unpaired) electrons. The summed E-state index contributed by atoms with van der Waals surface area (Å²) < 4.78 is 17.9. The fourth-order valence-corrected chi connectivity index (χ4v) is 2.75. The van der Waals surface area contributed by atoms with Gasteiger partial charge in [0, 0.05) is 0 Å². The van der Waals surface area contributed by atoms with E-state index in [0.29, 0.717) is 13.2 Å². The van der Waals surface area contributed by atoms with Crippen molar-refractivity contribution in [1.82, 2.24) is 0 Å². The van der Waals surface area contributed by atoms with E-state index in [0.717, 1.165) is 26.4 Å². The molecule has 2 rings (SSSR count). The number of hydrogen-bond acceptors (Lipinski definition) is 3. The van der Waals surface area contributed by atoms with Crippen LogP contribution < -0.4 is 14.2 Å². The standard InChI is InChI=1S/C17H19IO3/c1-12-4-6-15(14(18)10-12)20-8-9-21-16-7-5-13(2)11-17(16)19-3/h4-7,10-11H,8-9H2,1-3H3. The first-order valence-electron chi connectivity index (χ1n) is 6.76. The highest BCUT2D eigenvalue weighted by molar-refractivity contribution is 14.1. The Kier molecular flexibility index (Phi) is 5.73. The summed E-state index contributed by atoms with van der Waals surface area (Å²) in [6.07, 6.45) is 0. The predicted molar refractivity (Wildman–Crippen MR) is 92.6 cm³/mol. The van der Waals surface area contributed by atoms with Crippen LogP contribution in [0.1, 0.15) is 11.1 Å². The first-order chi connectivity index (χ1) is 10.1. The number of methoxy groups -OCH3 is 1. The van der Waals surface area contributed by atoms with Crippen molar-refractivity contribution in [3.8, 4) is 17.2 Å². The number of halogens is 1. The second kappa shape index (κ2) is 7.54. The van der Waals surface area contributed by atoms with Crippen molar-refractivity contribution in [1.29, 1.82) is 0 Å². The molecule has 0 fully saturated rings. The molecule has 0 aliphatic carbocycles. The van der Waals surface area contributed by atoms with Crippen molar-refractivity contribution >= 4 is 22.6 Å². The van der Waals surface area contributed by atoms with E-state index in [2.05, 4.69) is 35.6 Å². The predicted octanol–water partition coefficient (Wildman–Crippen LogP) is 4.37. The molecule has 0 heterocycles. The van der Waals surface area contributed by atoms with Crippen molar-refractivity contribution in [2.45, 2.75) is 13.8 Å². The Labute approximate surface area is 139 Å². The van der Waals surface area contributed by atoms with E-state index in [1.165, 1.54) is 5.56 Å². The van der Waals surface area contributed by atoms with Crippen molar-refractivity contribution < 1.29 is 14.2 Å². The molecule has 0 amide bonds. The molecule has 0 unspecified atom stereocenters. The molecule has 3 nitrogen and oxygen atoms in total. The number of benzene rings is 2. The molecular formula is C17H19IO3. The quantitative estimate of drug-likeness (QED) is 0.534. The lowest BCUT2D eigenvalue weighted by Gasteiger charge is -2.12. The van der Waals surface area contributed by atoms with Gasteiger partial charge >= 0.3 is 0 Å². The third-order valence-electron chi connectivity index (χ3n) is 3.00. The van der Waals surface area contributed by atoms with Crippen LogP contribution in [0.2, 0.25) is 0 Å². The Morgan fingerprint density at radius 1 is 0.810 bits per heavy atom. The summed E-state index contributed by atoms with van der Waals surface area (Å²) in [5.41, 5.74) is 2.37. The zero-order chi connectivity index (χ0) is 15.2. The van der Waals surface area contributed by atoms with E-state index in [1.54, 1.807) is 7.11 Å². The molecule has 0 aliphatic rings. The fourth-order valence-electron chi connectivity index (χ4n) is 1.92. The Morgan fingerprint density at radius 2 is 1.38 bits per heavy atom. The van der Waals surface area contributed by atoms with Crippen LogP contribution in [0.15, 0.2) is 36.4 Å². The minimum Gasteiger partial charge on any atom is -0.493 e. The fraction of sp³-hybridized carbons (Fsp3) is 0.294. The Bertz CT molecular complexity index is 611. The lowest BCUT2D eigenvalue weighted by Crippen LogP contribution is -2.10. The van der Waals surface area contributed by atoms with Crippen LogP contribution in [-0.2, 0) is 0 Å². The van der Waals surface area contributed by atoms with Crippen LogP contribution in [0.5, 0.6) is 17.2 Å². The highest BCUT2D eigenvalue weighted by Crippen LogP contribution is 2.27. The molecule has 112 valence electrons. The molecule has 0 bridgehead atoms. The van der Waals surface area contributed by atoms with Gasteiger partial charge in [-0.15, -0.1) is 0 Å². The number of aryl methyl sites for hydroxylation is 2. The van der Waals surface area contributed by atoms with Gasteiger partial charge in [-0.2, -0.15) is 0 Å². The molecule has 0 N–H and O–H groups in total. The van der Waals surface area contributed by atoms with Gasteiger partial charge in [0.1, 0.15) is 19.0 Å². The lowest BCUT2D eigenvalue weighted by atomic mass is 10.2.